The van der Waals surface area contributed by atoms with Gasteiger partial charge in [0.2, 0.25) is 5.91 Å². The Balaban J connectivity index is 2.55. The molecule has 1 rings (SSSR count). The molecule has 0 saturated carbocycles. The van der Waals surface area contributed by atoms with Crippen LogP contribution in [0.25, 0.3) is 0 Å². The molecule has 1 amide bonds. The summed E-state index contributed by atoms with van der Waals surface area (Å²) in [6, 6.07) is 0. The molecule has 1 aliphatic rings. The maximum absolute atomic E-state index is 12.2. The van der Waals surface area contributed by atoms with E-state index in [4.69, 9.17) is 5.11 Å². The van der Waals surface area contributed by atoms with Crippen molar-refractivity contribution in [2.24, 2.45) is 5.41 Å². The summed E-state index contributed by atoms with van der Waals surface area (Å²) in [6.45, 7) is 4.88. The van der Waals surface area contributed by atoms with E-state index in [9.17, 15) is 9.90 Å². The fourth-order valence-electron chi connectivity index (χ4n) is 2.26. The molecular formula is C12H24N2O3. The zero-order valence-corrected chi connectivity index (χ0v) is 10.8. The van der Waals surface area contributed by atoms with Crippen molar-refractivity contribution in [3.05, 3.63) is 0 Å². The minimum absolute atomic E-state index is 0.0157. The molecule has 1 saturated heterocycles. The summed E-state index contributed by atoms with van der Waals surface area (Å²) in [6.07, 6.45) is 2.66. The predicted molar refractivity (Wildman–Crippen MR) is 65.5 cm³/mol. The maximum atomic E-state index is 12.2. The lowest BCUT2D eigenvalue weighted by Gasteiger charge is -2.29. The molecule has 5 nitrogen and oxygen atoms in total. The minimum atomic E-state index is -1.24. The van der Waals surface area contributed by atoms with Crippen LogP contribution < -0.4 is 10.6 Å². The molecule has 0 aromatic rings. The summed E-state index contributed by atoms with van der Waals surface area (Å²) >= 11 is 0. The fourth-order valence-corrected chi connectivity index (χ4v) is 2.26. The molecule has 1 heterocycles. The molecule has 0 spiro atoms. The van der Waals surface area contributed by atoms with Crippen molar-refractivity contribution < 1.29 is 15.0 Å². The summed E-state index contributed by atoms with van der Waals surface area (Å²) in [5, 5.41) is 24.5. The second kappa shape index (κ2) is 5.80. The van der Waals surface area contributed by atoms with E-state index in [1.165, 1.54) is 6.92 Å². The van der Waals surface area contributed by atoms with Gasteiger partial charge in [0.1, 0.15) is 5.60 Å². The number of aliphatic hydroxyl groups is 2. The first-order chi connectivity index (χ1) is 7.96. The van der Waals surface area contributed by atoms with Gasteiger partial charge in [0.05, 0.1) is 12.0 Å². The van der Waals surface area contributed by atoms with Crippen LogP contribution in [0.2, 0.25) is 0 Å². The number of hydrogen-bond donors (Lipinski definition) is 4. The Labute approximate surface area is 103 Å². The van der Waals surface area contributed by atoms with Crippen molar-refractivity contribution in [3.8, 4) is 0 Å². The zero-order valence-electron chi connectivity index (χ0n) is 10.8. The Bertz CT molecular complexity index is 260. The quantitative estimate of drug-likeness (QED) is 0.514. The van der Waals surface area contributed by atoms with Crippen LogP contribution in [0.1, 0.15) is 33.1 Å². The van der Waals surface area contributed by atoms with E-state index in [1.54, 1.807) is 0 Å². The first kappa shape index (κ1) is 14.4. The van der Waals surface area contributed by atoms with Gasteiger partial charge in [-0.15, -0.1) is 0 Å². The lowest BCUT2D eigenvalue weighted by molar-refractivity contribution is -0.132. The highest BCUT2D eigenvalue weighted by atomic mass is 16.3. The molecule has 2 unspecified atom stereocenters. The molecule has 0 aliphatic carbocycles. The van der Waals surface area contributed by atoms with Crippen molar-refractivity contribution in [3.63, 3.8) is 0 Å². The first-order valence-electron chi connectivity index (χ1n) is 6.28. The SMILES string of the molecule is CCCC1(C(=O)NCC(C)(O)CO)CCNC1. The van der Waals surface area contributed by atoms with Crippen molar-refractivity contribution >= 4 is 5.91 Å². The van der Waals surface area contributed by atoms with E-state index in [0.717, 1.165) is 25.8 Å². The highest BCUT2D eigenvalue weighted by Gasteiger charge is 2.40. The molecule has 5 heteroatoms. The lowest BCUT2D eigenvalue weighted by atomic mass is 9.81. The Morgan fingerprint density at radius 2 is 2.29 bits per heavy atom. The van der Waals surface area contributed by atoms with E-state index in [2.05, 4.69) is 17.6 Å². The third-order valence-electron chi connectivity index (χ3n) is 3.42. The third-order valence-corrected chi connectivity index (χ3v) is 3.42. The van der Waals surface area contributed by atoms with Crippen LogP contribution in [0, 0.1) is 5.41 Å². The molecule has 0 radical (unpaired) electrons. The Morgan fingerprint density at radius 3 is 2.76 bits per heavy atom. The summed E-state index contributed by atoms with van der Waals surface area (Å²) in [4.78, 5) is 12.2. The molecule has 17 heavy (non-hydrogen) atoms. The number of carbonyl (C=O) groups is 1. The van der Waals surface area contributed by atoms with Gasteiger partial charge in [0.15, 0.2) is 0 Å². The van der Waals surface area contributed by atoms with Gasteiger partial charge in [-0.1, -0.05) is 13.3 Å². The summed E-state index contributed by atoms with van der Waals surface area (Å²) < 4.78 is 0. The molecule has 2 atom stereocenters. The number of carbonyl (C=O) groups excluding carboxylic acids is 1. The largest absolute Gasteiger partial charge is 0.393 e. The van der Waals surface area contributed by atoms with Crippen LogP contribution in [0.4, 0.5) is 0 Å². The van der Waals surface area contributed by atoms with Gasteiger partial charge in [0.25, 0.3) is 0 Å². The van der Waals surface area contributed by atoms with Gasteiger partial charge < -0.3 is 20.8 Å². The van der Waals surface area contributed by atoms with E-state index < -0.39 is 5.60 Å². The standard InChI is InChI=1S/C12H24N2O3/c1-3-4-12(5-6-13-8-12)10(16)14-7-11(2,17)9-15/h13,15,17H,3-9H2,1-2H3,(H,14,16). The normalized spacial score (nSPS) is 27.8. The zero-order chi connectivity index (χ0) is 12.9. The van der Waals surface area contributed by atoms with E-state index in [1.807, 2.05) is 0 Å². The van der Waals surface area contributed by atoms with Crippen molar-refractivity contribution in [2.45, 2.75) is 38.7 Å². The Kier molecular flexibility index (Phi) is 4.91. The van der Waals surface area contributed by atoms with Gasteiger partial charge in [0, 0.05) is 13.1 Å². The number of amides is 1. The monoisotopic (exact) mass is 244 g/mol. The van der Waals surface area contributed by atoms with Crippen LogP contribution in [0.15, 0.2) is 0 Å². The highest BCUT2D eigenvalue weighted by molar-refractivity contribution is 5.83. The average molecular weight is 244 g/mol. The minimum Gasteiger partial charge on any atom is -0.393 e. The second-order valence-electron chi connectivity index (χ2n) is 5.29. The lowest BCUT2D eigenvalue weighted by Crippen LogP contribution is -2.49. The highest BCUT2D eigenvalue weighted by Crippen LogP contribution is 2.31. The predicted octanol–water partition coefficient (Wildman–Crippen LogP) is -0.374. The van der Waals surface area contributed by atoms with Gasteiger partial charge in [-0.25, -0.2) is 0 Å². The molecule has 1 aliphatic heterocycles. The molecule has 1 fully saturated rings. The average Bonchev–Trinajstić information content (AvgIpc) is 2.76. The number of rotatable bonds is 6. The summed E-state index contributed by atoms with van der Waals surface area (Å²) in [5.74, 6) is -0.0157. The Morgan fingerprint density at radius 1 is 1.59 bits per heavy atom. The van der Waals surface area contributed by atoms with E-state index >= 15 is 0 Å². The summed E-state index contributed by atoms with van der Waals surface area (Å²) in [5.41, 5.74) is -1.57. The smallest absolute Gasteiger partial charge is 0.227 e. The molecule has 0 aromatic carbocycles. The van der Waals surface area contributed by atoms with Gasteiger partial charge in [-0.05, 0) is 26.3 Å². The molecular weight excluding hydrogens is 220 g/mol. The third kappa shape index (κ3) is 3.66. The number of hydrogen-bond acceptors (Lipinski definition) is 4. The van der Waals surface area contributed by atoms with Gasteiger partial charge in [-0.2, -0.15) is 0 Å². The number of nitrogens with one attached hydrogen (secondary N) is 2. The Hall–Kier alpha value is -0.650. The first-order valence-corrected chi connectivity index (χ1v) is 6.28. The summed E-state index contributed by atoms with van der Waals surface area (Å²) in [7, 11) is 0. The van der Waals surface area contributed by atoms with Crippen molar-refractivity contribution in [2.75, 3.05) is 26.2 Å². The fraction of sp³-hybridized carbons (Fsp3) is 0.917. The van der Waals surface area contributed by atoms with Crippen LogP contribution in [0.3, 0.4) is 0 Å². The van der Waals surface area contributed by atoms with E-state index in [-0.39, 0.29) is 24.5 Å². The van der Waals surface area contributed by atoms with Crippen LogP contribution in [0.5, 0.6) is 0 Å². The molecule has 0 aromatic heterocycles. The van der Waals surface area contributed by atoms with Gasteiger partial charge in [-0.3, -0.25) is 4.79 Å². The van der Waals surface area contributed by atoms with Gasteiger partial charge >= 0.3 is 0 Å². The molecule has 4 N–H and O–H groups in total. The van der Waals surface area contributed by atoms with Crippen molar-refractivity contribution in [1.82, 2.24) is 10.6 Å². The maximum Gasteiger partial charge on any atom is 0.227 e. The second-order valence-corrected chi connectivity index (χ2v) is 5.29. The molecule has 0 bridgehead atoms. The number of aliphatic hydroxyl groups excluding tert-OH is 1. The van der Waals surface area contributed by atoms with E-state index in [0.29, 0.717) is 6.54 Å². The van der Waals surface area contributed by atoms with Crippen molar-refractivity contribution in [1.29, 1.82) is 0 Å². The molecule has 100 valence electrons. The van der Waals surface area contributed by atoms with Crippen LogP contribution in [-0.2, 0) is 4.79 Å². The topological polar surface area (TPSA) is 81.6 Å². The van der Waals surface area contributed by atoms with Crippen LogP contribution in [-0.4, -0.2) is 48.0 Å². The van der Waals surface area contributed by atoms with Crippen LogP contribution >= 0.6 is 0 Å².